The SMILES string of the molecule is Cc1c(O[C@H]2CCC[C@@H](Nc3ccccc3)C2)ccc2[nH]ncc12.Cl. The predicted molar refractivity (Wildman–Crippen MR) is 105 cm³/mol. The summed E-state index contributed by atoms with van der Waals surface area (Å²) in [5.41, 5.74) is 3.42. The third kappa shape index (κ3) is 3.90. The third-order valence-electron chi connectivity index (χ3n) is 4.91. The largest absolute Gasteiger partial charge is 0.490 e. The van der Waals surface area contributed by atoms with Crippen LogP contribution in [0.2, 0.25) is 0 Å². The Morgan fingerprint density at radius 1 is 1.12 bits per heavy atom. The first kappa shape index (κ1) is 17.6. The lowest BCUT2D eigenvalue weighted by molar-refractivity contribution is 0.147. The minimum atomic E-state index is 0. The summed E-state index contributed by atoms with van der Waals surface area (Å²) in [5, 5.41) is 11.9. The fourth-order valence-corrected chi connectivity index (χ4v) is 3.60. The number of aromatic amines is 1. The van der Waals surface area contributed by atoms with E-state index in [-0.39, 0.29) is 18.5 Å². The number of aromatic nitrogens is 2. The van der Waals surface area contributed by atoms with Gasteiger partial charge in [-0.3, -0.25) is 5.10 Å². The van der Waals surface area contributed by atoms with Crippen LogP contribution in [0.15, 0.2) is 48.7 Å². The molecular weight excluding hydrogens is 334 g/mol. The predicted octanol–water partition coefficient (Wildman–Crippen LogP) is 5.10. The molecule has 1 aliphatic carbocycles. The molecular formula is C20H24ClN3O. The molecule has 4 rings (SSSR count). The van der Waals surface area contributed by atoms with Gasteiger partial charge in [-0.1, -0.05) is 18.2 Å². The number of para-hydroxylation sites is 1. The van der Waals surface area contributed by atoms with E-state index in [1.54, 1.807) is 0 Å². The number of fused-ring (bicyclic) bond motifs is 1. The zero-order chi connectivity index (χ0) is 16.4. The van der Waals surface area contributed by atoms with Crippen molar-refractivity contribution in [2.24, 2.45) is 0 Å². The Hall–Kier alpha value is -2.20. The number of halogens is 1. The number of nitrogens with one attached hydrogen (secondary N) is 2. The second-order valence-electron chi connectivity index (χ2n) is 6.63. The topological polar surface area (TPSA) is 49.9 Å². The van der Waals surface area contributed by atoms with E-state index >= 15 is 0 Å². The molecule has 0 bridgehead atoms. The number of nitrogens with zero attached hydrogens (tertiary/aromatic N) is 1. The minimum absolute atomic E-state index is 0. The van der Waals surface area contributed by atoms with Gasteiger partial charge in [-0.05, 0) is 50.5 Å². The number of aryl methyl sites for hydroxylation is 1. The summed E-state index contributed by atoms with van der Waals surface area (Å²) in [5.74, 6) is 0.981. The molecule has 0 saturated heterocycles. The molecule has 5 heteroatoms. The fraction of sp³-hybridized carbons (Fsp3) is 0.350. The van der Waals surface area contributed by atoms with Crippen molar-refractivity contribution >= 4 is 29.0 Å². The second-order valence-corrected chi connectivity index (χ2v) is 6.63. The van der Waals surface area contributed by atoms with Crippen molar-refractivity contribution in [3.8, 4) is 5.75 Å². The number of benzene rings is 2. The lowest BCUT2D eigenvalue weighted by Crippen LogP contribution is -2.33. The minimum Gasteiger partial charge on any atom is -0.490 e. The highest BCUT2D eigenvalue weighted by molar-refractivity contribution is 5.85. The lowest BCUT2D eigenvalue weighted by atomic mass is 9.92. The maximum Gasteiger partial charge on any atom is 0.123 e. The Kier molecular flexibility index (Phi) is 5.49. The molecule has 2 N–H and O–H groups in total. The molecule has 1 heterocycles. The highest BCUT2D eigenvalue weighted by atomic mass is 35.5. The van der Waals surface area contributed by atoms with E-state index in [9.17, 15) is 0 Å². The summed E-state index contributed by atoms with van der Waals surface area (Å²) < 4.78 is 6.35. The van der Waals surface area contributed by atoms with Crippen molar-refractivity contribution in [3.05, 3.63) is 54.2 Å². The molecule has 4 nitrogen and oxygen atoms in total. The number of hydrogen-bond acceptors (Lipinski definition) is 3. The van der Waals surface area contributed by atoms with Crippen molar-refractivity contribution in [1.82, 2.24) is 10.2 Å². The molecule has 25 heavy (non-hydrogen) atoms. The summed E-state index contributed by atoms with van der Waals surface area (Å²) >= 11 is 0. The van der Waals surface area contributed by atoms with Crippen molar-refractivity contribution < 1.29 is 4.74 Å². The molecule has 132 valence electrons. The van der Waals surface area contributed by atoms with Crippen molar-refractivity contribution in [1.29, 1.82) is 0 Å². The van der Waals surface area contributed by atoms with Gasteiger partial charge in [0.05, 0.1) is 11.7 Å². The number of anilines is 1. The maximum atomic E-state index is 6.35. The zero-order valence-corrected chi connectivity index (χ0v) is 15.2. The molecule has 0 radical (unpaired) electrons. The molecule has 2 atom stereocenters. The molecule has 2 aromatic carbocycles. The standard InChI is InChI=1S/C20H23N3O.ClH/c1-14-18-13-21-23-19(18)10-11-20(14)24-17-9-5-8-16(12-17)22-15-6-3-2-4-7-15;/h2-4,6-7,10-11,13,16-17,22H,5,8-9,12H2,1H3,(H,21,23);1H/t16-,17+;/m1./s1. The van der Waals surface area contributed by atoms with Gasteiger partial charge in [-0.15, -0.1) is 12.4 Å². The average Bonchev–Trinajstić information content (AvgIpc) is 3.08. The average molecular weight is 358 g/mol. The number of rotatable bonds is 4. The van der Waals surface area contributed by atoms with Crippen LogP contribution >= 0.6 is 12.4 Å². The summed E-state index contributed by atoms with van der Waals surface area (Å²) in [6, 6.07) is 15.0. The number of hydrogen-bond donors (Lipinski definition) is 2. The van der Waals surface area contributed by atoms with Gasteiger partial charge in [0.1, 0.15) is 11.9 Å². The van der Waals surface area contributed by atoms with E-state index in [0.29, 0.717) is 6.04 Å². The zero-order valence-electron chi connectivity index (χ0n) is 14.4. The quantitative estimate of drug-likeness (QED) is 0.683. The maximum absolute atomic E-state index is 6.35. The Bertz CT molecular complexity index is 818. The van der Waals surface area contributed by atoms with Crippen molar-refractivity contribution in [2.45, 2.75) is 44.8 Å². The molecule has 1 saturated carbocycles. The molecule has 3 aromatic rings. The van der Waals surface area contributed by atoms with Crippen LogP contribution in [-0.4, -0.2) is 22.3 Å². The van der Waals surface area contributed by atoms with Crippen molar-refractivity contribution in [2.75, 3.05) is 5.32 Å². The van der Waals surface area contributed by atoms with E-state index in [1.165, 1.54) is 24.1 Å². The van der Waals surface area contributed by atoms with Crippen molar-refractivity contribution in [3.63, 3.8) is 0 Å². The second kappa shape index (κ2) is 7.79. The molecule has 1 aliphatic rings. The van der Waals surface area contributed by atoms with E-state index in [2.05, 4.69) is 52.8 Å². The Balaban J connectivity index is 0.00000182. The Morgan fingerprint density at radius 3 is 2.80 bits per heavy atom. The van der Waals surface area contributed by atoms with Crippen LogP contribution in [-0.2, 0) is 0 Å². The smallest absolute Gasteiger partial charge is 0.123 e. The fourth-order valence-electron chi connectivity index (χ4n) is 3.60. The Labute approximate surface area is 154 Å². The van der Waals surface area contributed by atoms with Gasteiger partial charge >= 0.3 is 0 Å². The molecule has 1 aromatic heterocycles. The third-order valence-corrected chi connectivity index (χ3v) is 4.91. The molecule has 1 fully saturated rings. The molecule has 0 spiro atoms. The van der Waals surface area contributed by atoms with Crippen LogP contribution in [0.3, 0.4) is 0 Å². The highest BCUT2D eigenvalue weighted by Crippen LogP contribution is 2.30. The normalized spacial score (nSPS) is 20.0. The summed E-state index contributed by atoms with van der Waals surface area (Å²) in [7, 11) is 0. The van der Waals surface area contributed by atoms with Gasteiger partial charge < -0.3 is 10.1 Å². The van der Waals surface area contributed by atoms with Gasteiger partial charge in [-0.2, -0.15) is 5.10 Å². The van der Waals surface area contributed by atoms with Crippen LogP contribution in [0.25, 0.3) is 10.9 Å². The van der Waals surface area contributed by atoms with Gasteiger partial charge in [0.25, 0.3) is 0 Å². The summed E-state index contributed by atoms with van der Waals surface area (Å²) in [4.78, 5) is 0. The Morgan fingerprint density at radius 2 is 1.96 bits per heavy atom. The summed E-state index contributed by atoms with van der Waals surface area (Å²) in [6.07, 6.45) is 6.70. The molecule has 0 aliphatic heterocycles. The molecule has 0 unspecified atom stereocenters. The van der Waals surface area contributed by atoms with Crippen LogP contribution in [0.5, 0.6) is 5.75 Å². The lowest BCUT2D eigenvalue weighted by Gasteiger charge is -2.31. The van der Waals surface area contributed by atoms with E-state index < -0.39 is 0 Å². The first-order valence-corrected chi connectivity index (χ1v) is 8.70. The van der Waals surface area contributed by atoms with E-state index in [4.69, 9.17) is 4.74 Å². The first-order valence-electron chi connectivity index (χ1n) is 8.70. The highest BCUT2D eigenvalue weighted by Gasteiger charge is 2.24. The van der Waals surface area contributed by atoms with E-state index in [1.807, 2.05) is 18.3 Å². The van der Waals surface area contributed by atoms with Gasteiger partial charge in [-0.25, -0.2) is 0 Å². The molecule has 0 amide bonds. The van der Waals surface area contributed by atoms with Gasteiger partial charge in [0.15, 0.2) is 0 Å². The summed E-state index contributed by atoms with van der Waals surface area (Å²) in [6.45, 7) is 2.11. The van der Waals surface area contributed by atoms with Gasteiger partial charge in [0.2, 0.25) is 0 Å². The van der Waals surface area contributed by atoms with Crippen LogP contribution < -0.4 is 10.1 Å². The van der Waals surface area contributed by atoms with E-state index in [0.717, 1.165) is 29.5 Å². The van der Waals surface area contributed by atoms with Crippen LogP contribution in [0, 0.1) is 6.92 Å². The number of ether oxygens (including phenoxy) is 1. The van der Waals surface area contributed by atoms with Crippen LogP contribution in [0.4, 0.5) is 5.69 Å². The first-order chi connectivity index (χ1) is 11.8. The number of H-pyrrole nitrogens is 1. The van der Waals surface area contributed by atoms with Crippen LogP contribution in [0.1, 0.15) is 31.2 Å². The van der Waals surface area contributed by atoms with Gasteiger partial charge in [0, 0.05) is 29.1 Å². The monoisotopic (exact) mass is 357 g/mol.